The van der Waals surface area contributed by atoms with Crippen molar-refractivity contribution in [1.82, 2.24) is 14.8 Å². The first-order valence-electron chi connectivity index (χ1n) is 4.63. The molecule has 0 bridgehead atoms. The predicted molar refractivity (Wildman–Crippen MR) is 61.3 cm³/mol. The molecule has 2 heterocycles. The van der Waals surface area contributed by atoms with Gasteiger partial charge in [-0.3, -0.25) is 4.57 Å². The van der Waals surface area contributed by atoms with Crippen LogP contribution in [0.1, 0.15) is 5.82 Å². The van der Waals surface area contributed by atoms with Crippen molar-refractivity contribution in [1.29, 1.82) is 0 Å². The lowest BCUT2D eigenvalue weighted by Crippen LogP contribution is -2.10. The third kappa shape index (κ3) is 1.32. The summed E-state index contributed by atoms with van der Waals surface area (Å²) in [6.07, 6.45) is 2.34. The highest BCUT2D eigenvalue weighted by Crippen LogP contribution is 2.23. The molecule has 0 spiro atoms. The standard InChI is InChI=1S/C10H8N4S/c15-10-5-9-13-11-6-14(9)8-4-2-1-3-7(8)12-10/h1-4,6H,5H2,(H,12,15). The Hall–Kier alpha value is -1.75. The van der Waals surface area contributed by atoms with Crippen LogP contribution in [-0.4, -0.2) is 19.8 Å². The monoisotopic (exact) mass is 216 g/mol. The van der Waals surface area contributed by atoms with Crippen LogP contribution in [0, 0.1) is 0 Å². The minimum atomic E-state index is 0.629. The van der Waals surface area contributed by atoms with Crippen molar-refractivity contribution in [2.45, 2.75) is 6.42 Å². The van der Waals surface area contributed by atoms with E-state index in [4.69, 9.17) is 12.2 Å². The van der Waals surface area contributed by atoms with Gasteiger partial charge in [-0.25, -0.2) is 0 Å². The summed E-state index contributed by atoms with van der Waals surface area (Å²) in [4.78, 5) is 0.772. The van der Waals surface area contributed by atoms with E-state index >= 15 is 0 Å². The van der Waals surface area contributed by atoms with Gasteiger partial charge in [0.05, 0.1) is 22.8 Å². The topological polar surface area (TPSA) is 42.7 Å². The van der Waals surface area contributed by atoms with E-state index in [-0.39, 0.29) is 0 Å². The van der Waals surface area contributed by atoms with Crippen molar-refractivity contribution >= 4 is 22.9 Å². The van der Waals surface area contributed by atoms with Gasteiger partial charge in [-0.15, -0.1) is 10.2 Å². The normalized spacial score (nSPS) is 13.7. The molecular formula is C10H8N4S. The summed E-state index contributed by atoms with van der Waals surface area (Å²) < 4.78 is 1.96. The van der Waals surface area contributed by atoms with E-state index in [0.717, 1.165) is 22.2 Å². The number of hydrogen-bond donors (Lipinski definition) is 1. The zero-order chi connectivity index (χ0) is 10.3. The Bertz CT molecular complexity index is 532. The number of benzene rings is 1. The molecule has 74 valence electrons. The third-order valence-electron chi connectivity index (χ3n) is 2.37. The third-order valence-corrected chi connectivity index (χ3v) is 2.62. The smallest absolute Gasteiger partial charge is 0.144 e. The highest BCUT2D eigenvalue weighted by Gasteiger charge is 2.16. The SMILES string of the molecule is S=C1Cc2nncn2-c2ccccc2N1. The summed E-state index contributed by atoms with van der Waals surface area (Å²) in [5.41, 5.74) is 2.04. The maximum absolute atomic E-state index is 5.22. The molecule has 5 heteroatoms. The second-order valence-electron chi connectivity index (χ2n) is 3.36. The average molecular weight is 216 g/mol. The molecule has 1 aliphatic heterocycles. The maximum Gasteiger partial charge on any atom is 0.144 e. The van der Waals surface area contributed by atoms with E-state index in [9.17, 15) is 0 Å². The molecule has 0 fully saturated rings. The predicted octanol–water partition coefficient (Wildman–Crippen LogP) is 1.56. The first kappa shape index (κ1) is 8.55. The summed E-state index contributed by atoms with van der Waals surface area (Å²) in [5, 5.41) is 11.2. The highest BCUT2D eigenvalue weighted by molar-refractivity contribution is 7.80. The Kier molecular flexibility index (Phi) is 1.78. The molecule has 0 saturated heterocycles. The van der Waals surface area contributed by atoms with E-state index in [0.29, 0.717) is 6.42 Å². The van der Waals surface area contributed by atoms with Gasteiger partial charge in [-0.2, -0.15) is 0 Å². The number of nitrogens with zero attached hydrogens (tertiary/aromatic N) is 3. The van der Waals surface area contributed by atoms with Crippen LogP contribution in [0.15, 0.2) is 30.6 Å². The van der Waals surface area contributed by atoms with Crippen LogP contribution >= 0.6 is 12.2 Å². The zero-order valence-electron chi connectivity index (χ0n) is 7.84. The summed E-state index contributed by atoms with van der Waals surface area (Å²) >= 11 is 5.22. The summed E-state index contributed by atoms with van der Waals surface area (Å²) in [6.45, 7) is 0. The second kappa shape index (κ2) is 3.13. The maximum atomic E-state index is 5.22. The molecule has 0 unspecified atom stereocenters. The van der Waals surface area contributed by atoms with Crippen molar-refractivity contribution in [3.63, 3.8) is 0 Å². The minimum absolute atomic E-state index is 0.629. The fraction of sp³-hybridized carbons (Fsp3) is 0.100. The van der Waals surface area contributed by atoms with E-state index in [1.165, 1.54) is 0 Å². The summed E-state index contributed by atoms with van der Waals surface area (Å²) in [6, 6.07) is 7.97. The van der Waals surface area contributed by atoms with Gasteiger partial charge in [0.2, 0.25) is 0 Å². The van der Waals surface area contributed by atoms with Crippen LogP contribution < -0.4 is 5.32 Å². The van der Waals surface area contributed by atoms with E-state index in [2.05, 4.69) is 15.5 Å². The Labute approximate surface area is 91.9 Å². The number of fused-ring (bicyclic) bond motifs is 3. The quantitative estimate of drug-likeness (QED) is 0.679. The number of hydrogen-bond acceptors (Lipinski definition) is 3. The fourth-order valence-electron chi connectivity index (χ4n) is 1.71. The van der Waals surface area contributed by atoms with Crippen LogP contribution in [0.4, 0.5) is 5.69 Å². The number of anilines is 1. The molecule has 0 amide bonds. The highest BCUT2D eigenvalue weighted by atomic mass is 32.1. The molecule has 15 heavy (non-hydrogen) atoms. The molecule has 1 N–H and O–H groups in total. The molecular weight excluding hydrogens is 208 g/mol. The number of nitrogens with one attached hydrogen (secondary N) is 1. The van der Waals surface area contributed by atoms with Gasteiger partial charge in [0, 0.05) is 0 Å². The van der Waals surface area contributed by atoms with Gasteiger partial charge in [0.1, 0.15) is 12.2 Å². The second-order valence-corrected chi connectivity index (χ2v) is 3.85. The molecule has 0 aliphatic carbocycles. The number of aromatic nitrogens is 3. The Morgan fingerprint density at radius 3 is 3.13 bits per heavy atom. The van der Waals surface area contributed by atoms with Crippen LogP contribution in [0.3, 0.4) is 0 Å². The minimum Gasteiger partial charge on any atom is -0.348 e. The molecule has 4 nitrogen and oxygen atoms in total. The molecule has 1 aromatic carbocycles. The van der Waals surface area contributed by atoms with Gasteiger partial charge < -0.3 is 5.32 Å². The summed E-state index contributed by atoms with van der Waals surface area (Å²) in [7, 11) is 0. The fourth-order valence-corrected chi connectivity index (χ4v) is 1.95. The van der Waals surface area contributed by atoms with Gasteiger partial charge in [-0.05, 0) is 12.1 Å². The number of para-hydroxylation sites is 2. The van der Waals surface area contributed by atoms with Gasteiger partial charge in [0.25, 0.3) is 0 Å². The lowest BCUT2D eigenvalue weighted by molar-refractivity contribution is 0.950. The molecule has 0 saturated carbocycles. The van der Waals surface area contributed by atoms with Crippen LogP contribution in [-0.2, 0) is 6.42 Å². The van der Waals surface area contributed by atoms with Crippen LogP contribution in [0.2, 0.25) is 0 Å². The van der Waals surface area contributed by atoms with Crippen LogP contribution in [0.5, 0.6) is 0 Å². The lowest BCUT2D eigenvalue weighted by atomic mass is 10.2. The Morgan fingerprint density at radius 2 is 2.20 bits per heavy atom. The molecule has 1 aliphatic rings. The molecule has 3 rings (SSSR count). The molecule has 0 radical (unpaired) electrons. The largest absolute Gasteiger partial charge is 0.348 e. The van der Waals surface area contributed by atoms with E-state index in [1.54, 1.807) is 6.33 Å². The molecule has 1 aromatic heterocycles. The number of rotatable bonds is 0. The first-order chi connectivity index (χ1) is 7.34. The van der Waals surface area contributed by atoms with Gasteiger partial charge in [0.15, 0.2) is 0 Å². The van der Waals surface area contributed by atoms with Crippen molar-refractivity contribution in [2.75, 3.05) is 5.32 Å². The number of thiocarbonyl (C=S) groups is 1. The molecule has 2 aromatic rings. The van der Waals surface area contributed by atoms with Crippen LogP contribution in [0.25, 0.3) is 5.69 Å². The van der Waals surface area contributed by atoms with Crippen molar-refractivity contribution < 1.29 is 0 Å². The van der Waals surface area contributed by atoms with E-state index in [1.807, 2.05) is 28.8 Å². The van der Waals surface area contributed by atoms with Crippen molar-refractivity contribution in [2.24, 2.45) is 0 Å². The van der Waals surface area contributed by atoms with Gasteiger partial charge in [-0.1, -0.05) is 24.4 Å². The Morgan fingerprint density at radius 1 is 1.33 bits per heavy atom. The van der Waals surface area contributed by atoms with E-state index < -0.39 is 0 Å². The van der Waals surface area contributed by atoms with Gasteiger partial charge >= 0.3 is 0 Å². The summed E-state index contributed by atoms with van der Waals surface area (Å²) in [5.74, 6) is 0.873. The van der Waals surface area contributed by atoms with Crippen molar-refractivity contribution in [3.05, 3.63) is 36.4 Å². The van der Waals surface area contributed by atoms with Crippen molar-refractivity contribution in [3.8, 4) is 5.69 Å². The lowest BCUT2D eigenvalue weighted by Gasteiger charge is -2.07. The average Bonchev–Trinajstić information content (AvgIpc) is 2.62. The zero-order valence-corrected chi connectivity index (χ0v) is 8.66. The first-order valence-corrected chi connectivity index (χ1v) is 5.03. The Balaban J connectivity index is 2.29. The molecule has 0 atom stereocenters.